The van der Waals surface area contributed by atoms with E-state index in [4.69, 9.17) is 4.74 Å². The zero-order valence-electron chi connectivity index (χ0n) is 11.0. The van der Waals surface area contributed by atoms with Gasteiger partial charge in [-0.05, 0) is 26.8 Å². The second-order valence-corrected chi connectivity index (χ2v) is 4.76. The number of H-pyrrole nitrogens is 1. The molecule has 18 heavy (non-hydrogen) atoms. The van der Waals surface area contributed by atoms with Gasteiger partial charge in [0.15, 0.2) is 0 Å². The summed E-state index contributed by atoms with van der Waals surface area (Å²) in [6.45, 7) is 6.89. The second kappa shape index (κ2) is 8.10. The van der Waals surface area contributed by atoms with E-state index >= 15 is 0 Å². The van der Waals surface area contributed by atoms with E-state index in [0.717, 1.165) is 18.8 Å². The summed E-state index contributed by atoms with van der Waals surface area (Å²) < 4.78 is 5.03. The molecule has 0 saturated heterocycles. The van der Waals surface area contributed by atoms with Crippen LogP contribution < -0.4 is 5.32 Å². The highest BCUT2D eigenvalue weighted by molar-refractivity contribution is 7.99. The lowest BCUT2D eigenvalue weighted by atomic mass is 10.3. The summed E-state index contributed by atoms with van der Waals surface area (Å²) in [6, 6.07) is -0.311. The normalized spacial score (nSPS) is 12.4. The van der Waals surface area contributed by atoms with Crippen molar-refractivity contribution in [2.24, 2.45) is 0 Å². The van der Waals surface area contributed by atoms with Crippen LogP contribution in [0, 0.1) is 6.92 Å². The molecule has 0 aliphatic rings. The molecule has 6 nitrogen and oxygen atoms in total. The van der Waals surface area contributed by atoms with Gasteiger partial charge in [-0.3, -0.25) is 9.89 Å². The molecule has 0 fully saturated rings. The minimum Gasteiger partial charge on any atom is -0.465 e. The van der Waals surface area contributed by atoms with Gasteiger partial charge in [-0.1, -0.05) is 18.7 Å². The monoisotopic (exact) mass is 272 g/mol. The Morgan fingerprint density at radius 3 is 2.89 bits per heavy atom. The van der Waals surface area contributed by atoms with E-state index in [9.17, 15) is 4.79 Å². The van der Waals surface area contributed by atoms with Gasteiger partial charge < -0.3 is 10.1 Å². The molecule has 1 heterocycles. The highest BCUT2D eigenvalue weighted by Crippen LogP contribution is 2.14. The zero-order chi connectivity index (χ0) is 13.4. The first-order valence-corrected chi connectivity index (χ1v) is 7.07. The minimum atomic E-state index is -0.311. The van der Waals surface area contributed by atoms with Gasteiger partial charge in [-0.2, -0.15) is 0 Å². The summed E-state index contributed by atoms with van der Waals surface area (Å²) >= 11 is 1.44. The topological polar surface area (TPSA) is 79.9 Å². The van der Waals surface area contributed by atoms with Crippen molar-refractivity contribution in [1.82, 2.24) is 20.5 Å². The number of aromatic nitrogens is 3. The second-order valence-electron chi connectivity index (χ2n) is 3.77. The van der Waals surface area contributed by atoms with Crippen LogP contribution in [0.15, 0.2) is 5.16 Å². The van der Waals surface area contributed by atoms with Gasteiger partial charge in [0.05, 0.1) is 6.61 Å². The van der Waals surface area contributed by atoms with Crippen LogP contribution in [0.2, 0.25) is 0 Å². The molecule has 0 aromatic carbocycles. The molecule has 1 unspecified atom stereocenters. The van der Waals surface area contributed by atoms with Crippen LogP contribution in [-0.2, 0) is 9.53 Å². The lowest BCUT2D eigenvalue weighted by Gasteiger charge is -2.15. The average molecular weight is 272 g/mol. The van der Waals surface area contributed by atoms with E-state index in [-0.39, 0.29) is 12.0 Å². The standard InChI is InChI=1S/C11H20N4O2S/c1-4-6-12-9(10(16)17-5-2)7-18-11-13-8(3)14-15-11/h9,12H,4-7H2,1-3H3,(H,13,14,15). The Hall–Kier alpha value is -1.08. The smallest absolute Gasteiger partial charge is 0.323 e. The van der Waals surface area contributed by atoms with Crippen molar-refractivity contribution in [3.8, 4) is 0 Å². The Kier molecular flexibility index (Phi) is 6.74. The van der Waals surface area contributed by atoms with Crippen LogP contribution in [0.4, 0.5) is 0 Å². The van der Waals surface area contributed by atoms with Gasteiger partial charge in [-0.25, -0.2) is 4.98 Å². The Balaban J connectivity index is 2.46. The van der Waals surface area contributed by atoms with Crippen LogP contribution in [0.1, 0.15) is 26.1 Å². The van der Waals surface area contributed by atoms with Crippen LogP contribution in [0.3, 0.4) is 0 Å². The number of esters is 1. The number of carbonyl (C=O) groups excluding carboxylic acids is 1. The number of nitrogens with one attached hydrogen (secondary N) is 2. The number of aryl methyl sites for hydroxylation is 1. The summed E-state index contributed by atoms with van der Waals surface area (Å²) in [5, 5.41) is 10.6. The molecule has 0 spiro atoms. The molecule has 0 aliphatic heterocycles. The van der Waals surface area contributed by atoms with Crippen molar-refractivity contribution in [2.75, 3.05) is 18.9 Å². The summed E-state index contributed by atoms with van der Waals surface area (Å²) in [5.74, 6) is 1.12. The Morgan fingerprint density at radius 2 is 2.33 bits per heavy atom. The van der Waals surface area contributed by atoms with Gasteiger partial charge >= 0.3 is 5.97 Å². The molecular weight excluding hydrogens is 252 g/mol. The van der Waals surface area contributed by atoms with Crippen LogP contribution in [0.25, 0.3) is 0 Å². The number of rotatable bonds is 8. The summed E-state index contributed by atoms with van der Waals surface area (Å²) in [7, 11) is 0. The summed E-state index contributed by atoms with van der Waals surface area (Å²) in [4.78, 5) is 15.9. The Morgan fingerprint density at radius 1 is 1.56 bits per heavy atom. The van der Waals surface area contributed by atoms with Gasteiger partial charge in [0.1, 0.15) is 11.9 Å². The van der Waals surface area contributed by atoms with Crippen LogP contribution >= 0.6 is 11.8 Å². The van der Waals surface area contributed by atoms with E-state index < -0.39 is 0 Å². The molecule has 102 valence electrons. The maximum Gasteiger partial charge on any atom is 0.323 e. The maximum absolute atomic E-state index is 11.7. The fourth-order valence-corrected chi connectivity index (χ4v) is 2.20. The van der Waals surface area contributed by atoms with E-state index in [0.29, 0.717) is 17.5 Å². The molecule has 1 aromatic heterocycles. The first kappa shape index (κ1) is 15.0. The minimum absolute atomic E-state index is 0.217. The Labute approximate surface area is 111 Å². The largest absolute Gasteiger partial charge is 0.465 e. The molecule has 0 bridgehead atoms. The number of hydrogen-bond donors (Lipinski definition) is 2. The first-order chi connectivity index (χ1) is 8.67. The third-order valence-electron chi connectivity index (χ3n) is 2.17. The number of ether oxygens (including phenoxy) is 1. The summed E-state index contributed by atoms with van der Waals surface area (Å²) in [5.41, 5.74) is 0. The number of aromatic amines is 1. The lowest BCUT2D eigenvalue weighted by molar-refractivity contribution is -0.144. The Bertz CT molecular complexity index is 370. The van der Waals surface area contributed by atoms with E-state index in [2.05, 4.69) is 27.4 Å². The predicted octanol–water partition coefficient (Wildman–Crippen LogP) is 1.14. The van der Waals surface area contributed by atoms with E-state index in [1.165, 1.54) is 11.8 Å². The molecule has 0 radical (unpaired) electrons. The zero-order valence-corrected chi connectivity index (χ0v) is 11.8. The first-order valence-electron chi connectivity index (χ1n) is 6.09. The van der Waals surface area contributed by atoms with Crippen molar-refractivity contribution >= 4 is 17.7 Å². The van der Waals surface area contributed by atoms with Gasteiger partial charge in [0, 0.05) is 5.75 Å². The van der Waals surface area contributed by atoms with Gasteiger partial charge in [-0.15, -0.1) is 5.10 Å². The summed E-state index contributed by atoms with van der Waals surface area (Å²) in [6.07, 6.45) is 0.973. The molecule has 2 N–H and O–H groups in total. The number of nitrogens with zero attached hydrogens (tertiary/aromatic N) is 2. The molecule has 1 aromatic rings. The van der Waals surface area contributed by atoms with Crippen molar-refractivity contribution in [2.45, 2.75) is 38.4 Å². The lowest BCUT2D eigenvalue weighted by Crippen LogP contribution is -2.40. The van der Waals surface area contributed by atoms with Crippen LogP contribution in [0.5, 0.6) is 0 Å². The molecule has 1 rings (SSSR count). The molecule has 0 amide bonds. The molecule has 0 aliphatic carbocycles. The number of carbonyl (C=O) groups is 1. The number of hydrogen-bond acceptors (Lipinski definition) is 6. The molecular formula is C11H20N4O2S. The maximum atomic E-state index is 11.7. The highest BCUT2D eigenvalue weighted by Gasteiger charge is 2.19. The van der Waals surface area contributed by atoms with Crippen LogP contribution in [-0.4, -0.2) is 46.1 Å². The quantitative estimate of drug-likeness (QED) is 0.545. The number of thioether (sulfide) groups is 1. The average Bonchev–Trinajstić information content (AvgIpc) is 2.75. The fourth-order valence-electron chi connectivity index (χ4n) is 1.32. The van der Waals surface area contributed by atoms with E-state index in [1.54, 1.807) is 6.92 Å². The highest BCUT2D eigenvalue weighted by atomic mass is 32.2. The van der Waals surface area contributed by atoms with Crippen molar-refractivity contribution in [1.29, 1.82) is 0 Å². The van der Waals surface area contributed by atoms with Gasteiger partial charge in [0.25, 0.3) is 0 Å². The molecule has 1 atom stereocenters. The van der Waals surface area contributed by atoms with Gasteiger partial charge in [0.2, 0.25) is 5.16 Å². The predicted molar refractivity (Wildman–Crippen MR) is 70.6 cm³/mol. The van der Waals surface area contributed by atoms with Crippen molar-refractivity contribution in [3.05, 3.63) is 5.82 Å². The molecule has 0 saturated carbocycles. The SMILES string of the molecule is CCCNC(CSc1n[nH]c(C)n1)C(=O)OCC. The third kappa shape index (κ3) is 5.05. The third-order valence-corrected chi connectivity index (χ3v) is 3.11. The van der Waals surface area contributed by atoms with Crippen molar-refractivity contribution in [3.63, 3.8) is 0 Å². The molecule has 7 heteroatoms. The van der Waals surface area contributed by atoms with E-state index in [1.807, 2.05) is 6.92 Å². The van der Waals surface area contributed by atoms with Crippen molar-refractivity contribution < 1.29 is 9.53 Å². The fraction of sp³-hybridized carbons (Fsp3) is 0.727.